The van der Waals surface area contributed by atoms with Crippen molar-refractivity contribution in [2.45, 2.75) is 19.4 Å². The summed E-state index contributed by atoms with van der Waals surface area (Å²) in [6, 6.07) is 10.2. The van der Waals surface area contributed by atoms with Gasteiger partial charge in [-0.3, -0.25) is 14.6 Å². The topological polar surface area (TPSA) is 74.9 Å². The van der Waals surface area contributed by atoms with Crippen LogP contribution in [0.4, 0.5) is 0 Å². The van der Waals surface area contributed by atoms with Gasteiger partial charge < -0.3 is 14.9 Å². The van der Waals surface area contributed by atoms with Crippen LogP contribution in [0.5, 0.6) is 0 Å². The van der Waals surface area contributed by atoms with Crippen molar-refractivity contribution >= 4 is 17.4 Å². The Hall–Kier alpha value is -2.99. The smallest absolute Gasteiger partial charge is 0.295 e. The largest absolute Gasteiger partial charge is 0.507 e. The molecule has 0 aliphatic carbocycles. The van der Waals surface area contributed by atoms with E-state index in [0.717, 1.165) is 18.5 Å². The van der Waals surface area contributed by atoms with Crippen LogP contribution >= 0.6 is 0 Å². The van der Waals surface area contributed by atoms with E-state index in [0.29, 0.717) is 17.7 Å². The highest BCUT2D eigenvalue weighted by Crippen LogP contribution is 2.39. The molecule has 1 unspecified atom stereocenters. The lowest BCUT2D eigenvalue weighted by Gasteiger charge is -2.25. The molecule has 0 bridgehead atoms. The molecule has 6 heteroatoms. The summed E-state index contributed by atoms with van der Waals surface area (Å²) in [6.45, 7) is 3.27. The standard InChI is InChI=1S/C22H25N3O3/c1-15-7-9-16(10-8-15)20(26)18-19(17-6-4-11-23-14-17)25(22(28)21(18)27)13-5-12-24(2)3/h4,6-11,14,19,26H,5,12-13H2,1-3H3/p+1. The summed E-state index contributed by atoms with van der Waals surface area (Å²) < 4.78 is 0. The molecule has 2 N–H and O–H groups in total. The second-order valence-corrected chi connectivity index (χ2v) is 7.46. The van der Waals surface area contributed by atoms with Crippen LogP contribution in [-0.2, 0) is 9.59 Å². The van der Waals surface area contributed by atoms with Crippen molar-refractivity contribution in [1.29, 1.82) is 0 Å². The number of likely N-dealkylation sites (tertiary alicyclic amines) is 1. The van der Waals surface area contributed by atoms with Gasteiger partial charge in [0.2, 0.25) is 0 Å². The number of rotatable bonds is 6. The number of pyridine rings is 1. The van der Waals surface area contributed by atoms with Crippen LogP contribution in [0.1, 0.15) is 29.2 Å². The molecule has 1 atom stereocenters. The normalized spacial score (nSPS) is 18.9. The number of carbonyl (C=O) groups is 2. The van der Waals surface area contributed by atoms with Gasteiger partial charge in [0.25, 0.3) is 11.7 Å². The third kappa shape index (κ3) is 3.97. The van der Waals surface area contributed by atoms with Crippen LogP contribution in [0.25, 0.3) is 5.76 Å². The van der Waals surface area contributed by atoms with Gasteiger partial charge in [0, 0.05) is 30.9 Å². The quantitative estimate of drug-likeness (QED) is 0.451. The molecule has 1 amide bonds. The van der Waals surface area contributed by atoms with Gasteiger partial charge in [-0.25, -0.2) is 0 Å². The summed E-state index contributed by atoms with van der Waals surface area (Å²) in [6.07, 6.45) is 4.05. The number of aliphatic hydroxyl groups is 1. The minimum Gasteiger partial charge on any atom is -0.507 e. The Kier molecular flexibility index (Phi) is 5.90. The van der Waals surface area contributed by atoms with Crippen LogP contribution in [0.15, 0.2) is 54.4 Å². The van der Waals surface area contributed by atoms with Gasteiger partial charge in [0.15, 0.2) is 0 Å². The fourth-order valence-electron chi connectivity index (χ4n) is 3.46. The maximum Gasteiger partial charge on any atom is 0.295 e. The monoisotopic (exact) mass is 380 g/mol. The number of aromatic nitrogens is 1. The summed E-state index contributed by atoms with van der Waals surface area (Å²) in [5, 5.41) is 10.9. The van der Waals surface area contributed by atoms with Crippen molar-refractivity contribution in [2.24, 2.45) is 0 Å². The SMILES string of the molecule is Cc1ccc(C(O)=C2C(=O)C(=O)N(CCC[NH+](C)C)C2c2cccnc2)cc1. The fraction of sp³-hybridized carbons (Fsp3) is 0.318. The molecule has 0 saturated carbocycles. The number of nitrogens with zero attached hydrogens (tertiary/aromatic N) is 2. The van der Waals surface area contributed by atoms with E-state index >= 15 is 0 Å². The van der Waals surface area contributed by atoms with E-state index in [4.69, 9.17) is 0 Å². The van der Waals surface area contributed by atoms with Crippen LogP contribution in [-0.4, -0.2) is 53.9 Å². The molecule has 2 heterocycles. The first-order valence-corrected chi connectivity index (χ1v) is 9.44. The Balaban J connectivity index is 2.06. The van der Waals surface area contributed by atoms with Crippen molar-refractivity contribution in [3.63, 3.8) is 0 Å². The predicted octanol–water partition coefficient (Wildman–Crippen LogP) is 1.35. The minimum absolute atomic E-state index is 0.124. The molecule has 3 rings (SSSR count). The van der Waals surface area contributed by atoms with Gasteiger partial charge in [0.1, 0.15) is 5.76 Å². The number of nitrogens with one attached hydrogen (secondary N) is 1. The highest BCUT2D eigenvalue weighted by Gasteiger charge is 2.45. The van der Waals surface area contributed by atoms with Crippen molar-refractivity contribution in [2.75, 3.05) is 27.2 Å². The molecular formula is C22H26N3O3+. The third-order valence-electron chi connectivity index (χ3n) is 4.94. The number of benzene rings is 1. The molecule has 1 aliphatic rings. The Morgan fingerprint density at radius 3 is 2.50 bits per heavy atom. The molecule has 1 fully saturated rings. The first-order chi connectivity index (χ1) is 13.4. The first-order valence-electron chi connectivity index (χ1n) is 9.44. The van der Waals surface area contributed by atoms with E-state index in [1.165, 1.54) is 4.90 Å². The van der Waals surface area contributed by atoms with E-state index in [2.05, 4.69) is 4.98 Å². The zero-order valence-corrected chi connectivity index (χ0v) is 16.5. The Morgan fingerprint density at radius 1 is 1.18 bits per heavy atom. The Labute approximate surface area is 165 Å². The average molecular weight is 380 g/mol. The molecule has 1 aliphatic heterocycles. The second-order valence-electron chi connectivity index (χ2n) is 7.46. The van der Waals surface area contributed by atoms with Gasteiger partial charge in [0.05, 0.1) is 32.3 Å². The van der Waals surface area contributed by atoms with Crippen LogP contribution in [0.3, 0.4) is 0 Å². The van der Waals surface area contributed by atoms with Crippen LogP contribution in [0, 0.1) is 6.92 Å². The third-order valence-corrected chi connectivity index (χ3v) is 4.94. The van der Waals surface area contributed by atoms with Gasteiger partial charge >= 0.3 is 0 Å². The number of carbonyl (C=O) groups excluding carboxylic acids is 2. The Bertz CT molecular complexity index is 889. The number of ketones is 1. The molecule has 1 saturated heterocycles. The predicted molar refractivity (Wildman–Crippen MR) is 107 cm³/mol. The molecule has 1 aromatic heterocycles. The molecule has 1 aromatic carbocycles. The average Bonchev–Trinajstić information content (AvgIpc) is 2.93. The minimum atomic E-state index is -0.649. The molecule has 2 aromatic rings. The highest BCUT2D eigenvalue weighted by molar-refractivity contribution is 6.46. The maximum atomic E-state index is 12.8. The summed E-state index contributed by atoms with van der Waals surface area (Å²) in [5.74, 6) is -1.37. The van der Waals surface area contributed by atoms with Crippen molar-refractivity contribution in [3.05, 3.63) is 71.1 Å². The first kappa shape index (κ1) is 19.8. The maximum absolute atomic E-state index is 12.8. The van der Waals surface area contributed by atoms with Gasteiger partial charge in [-0.1, -0.05) is 35.9 Å². The number of hydrogen-bond acceptors (Lipinski definition) is 4. The van der Waals surface area contributed by atoms with E-state index < -0.39 is 17.7 Å². The molecule has 6 nitrogen and oxygen atoms in total. The molecule has 0 radical (unpaired) electrons. The lowest BCUT2D eigenvalue weighted by molar-refractivity contribution is -0.858. The number of Topliss-reactive ketones (excluding diaryl/α,β-unsaturated/α-hetero) is 1. The van der Waals surface area contributed by atoms with Crippen molar-refractivity contribution in [1.82, 2.24) is 9.88 Å². The van der Waals surface area contributed by atoms with Crippen molar-refractivity contribution < 1.29 is 19.6 Å². The molecule has 28 heavy (non-hydrogen) atoms. The number of hydrogen-bond donors (Lipinski definition) is 2. The van der Waals surface area contributed by atoms with Crippen LogP contribution in [0.2, 0.25) is 0 Å². The summed E-state index contributed by atoms with van der Waals surface area (Å²) >= 11 is 0. The van der Waals surface area contributed by atoms with E-state index in [1.807, 2.05) is 39.2 Å². The number of quaternary nitrogens is 1. The molecule has 146 valence electrons. The van der Waals surface area contributed by atoms with E-state index in [9.17, 15) is 14.7 Å². The molecular weight excluding hydrogens is 354 g/mol. The van der Waals surface area contributed by atoms with Crippen molar-refractivity contribution in [3.8, 4) is 0 Å². The lowest BCUT2D eigenvalue weighted by atomic mass is 9.96. The zero-order valence-electron chi connectivity index (χ0n) is 16.5. The fourth-order valence-corrected chi connectivity index (χ4v) is 3.46. The summed E-state index contributed by atoms with van der Waals surface area (Å²) in [7, 11) is 4.09. The molecule has 0 spiro atoms. The number of amides is 1. The van der Waals surface area contributed by atoms with Gasteiger partial charge in [-0.2, -0.15) is 0 Å². The van der Waals surface area contributed by atoms with Crippen LogP contribution < -0.4 is 4.90 Å². The Morgan fingerprint density at radius 2 is 1.89 bits per heavy atom. The number of aryl methyl sites for hydroxylation is 1. The van der Waals surface area contributed by atoms with E-state index in [1.54, 1.807) is 35.5 Å². The van der Waals surface area contributed by atoms with E-state index in [-0.39, 0.29) is 11.3 Å². The van der Waals surface area contributed by atoms with Gasteiger partial charge in [-0.15, -0.1) is 0 Å². The lowest BCUT2D eigenvalue weighted by Crippen LogP contribution is -3.05. The number of aliphatic hydroxyl groups excluding tert-OH is 1. The second kappa shape index (κ2) is 8.35. The zero-order chi connectivity index (χ0) is 20.3. The summed E-state index contributed by atoms with van der Waals surface area (Å²) in [5.41, 5.74) is 2.41. The highest BCUT2D eigenvalue weighted by atomic mass is 16.3. The van der Waals surface area contributed by atoms with Gasteiger partial charge in [-0.05, 0) is 18.6 Å². The summed E-state index contributed by atoms with van der Waals surface area (Å²) in [4.78, 5) is 32.6.